The molecule has 19 heavy (non-hydrogen) atoms. The molecule has 1 aliphatic rings. The van der Waals surface area contributed by atoms with Crippen molar-refractivity contribution in [2.75, 3.05) is 35.6 Å². The summed E-state index contributed by atoms with van der Waals surface area (Å²) in [5.74, 6) is 1.79. The minimum Gasteiger partial charge on any atom is -0.388 e. The Morgan fingerprint density at radius 2 is 2.32 bits per heavy atom. The number of anilines is 3. The Morgan fingerprint density at radius 3 is 3.00 bits per heavy atom. The second-order valence-corrected chi connectivity index (χ2v) is 5.42. The summed E-state index contributed by atoms with van der Waals surface area (Å²) in [5, 5.41) is 13.4. The third-order valence-electron chi connectivity index (χ3n) is 3.28. The Morgan fingerprint density at radius 1 is 1.53 bits per heavy atom. The van der Waals surface area contributed by atoms with Gasteiger partial charge < -0.3 is 21.1 Å². The van der Waals surface area contributed by atoms with Gasteiger partial charge in [0, 0.05) is 25.7 Å². The molecular weight excluding hydrogens is 242 g/mol. The van der Waals surface area contributed by atoms with Gasteiger partial charge in [-0.15, -0.1) is 0 Å². The van der Waals surface area contributed by atoms with E-state index in [2.05, 4.69) is 27.1 Å². The van der Waals surface area contributed by atoms with E-state index in [-0.39, 0.29) is 5.95 Å². The van der Waals surface area contributed by atoms with Crippen molar-refractivity contribution in [1.82, 2.24) is 9.97 Å². The van der Waals surface area contributed by atoms with Crippen LogP contribution in [0.2, 0.25) is 0 Å². The van der Waals surface area contributed by atoms with E-state index in [0.717, 1.165) is 44.0 Å². The number of β-amino-alcohol motifs (C(OH)–C–C–N with tert-alkyl or cyclic N) is 1. The average Bonchev–Trinajstić information content (AvgIpc) is 2.34. The van der Waals surface area contributed by atoms with Crippen LogP contribution in [0.3, 0.4) is 0 Å². The third kappa shape index (κ3) is 3.70. The Bertz CT molecular complexity index is 435. The highest BCUT2D eigenvalue weighted by atomic mass is 16.3. The summed E-state index contributed by atoms with van der Waals surface area (Å²) in [4.78, 5) is 10.5. The lowest BCUT2D eigenvalue weighted by atomic mass is 9.95. The first kappa shape index (κ1) is 13.9. The summed E-state index contributed by atoms with van der Waals surface area (Å²) in [5.41, 5.74) is 5.10. The van der Waals surface area contributed by atoms with Crippen molar-refractivity contribution in [2.45, 2.75) is 38.7 Å². The van der Waals surface area contributed by atoms with E-state index < -0.39 is 5.60 Å². The molecule has 0 bridgehead atoms. The molecule has 0 saturated carbocycles. The maximum atomic E-state index is 10.2. The molecule has 1 saturated heterocycles. The van der Waals surface area contributed by atoms with Gasteiger partial charge >= 0.3 is 0 Å². The summed E-state index contributed by atoms with van der Waals surface area (Å²) in [7, 11) is 0. The highest BCUT2D eigenvalue weighted by Crippen LogP contribution is 2.26. The van der Waals surface area contributed by atoms with Crippen molar-refractivity contribution >= 4 is 17.6 Å². The molecule has 0 aromatic carbocycles. The number of hydrogen-bond acceptors (Lipinski definition) is 6. The molecular formula is C13H23N5O. The molecule has 1 aromatic rings. The van der Waals surface area contributed by atoms with E-state index in [4.69, 9.17) is 5.73 Å². The SMILES string of the molecule is CCCNc1cc(N2CCCC(C)(O)C2)nc(N)n1. The summed E-state index contributed by atoms with van der Waals surface area (Å²) < 4.78 is 0. The number of piperidine rings is 1. The maximum Gasteiger partial charge on any atom is 0.223 e. The van der Waals surface area contributed by atoms with Crippen molar-refractivity contribution in [3.05, 3.63) is 6.07 Å². The number of aromatic nitrogens is 2. The van der Waals surface area contributed by atoms with Crippen molar-refractivity contribution < 1.29 is 5.11 Å². The minimum absolute atomic E-state index is 0.265. The predicted molar refractivity (Wildman–Crippen MR) is 77.3 cm³/mol. The molecule has 2 rings (SSSR count). The van der Waals surface area contributed by atoms with E-state index in [9.17, 15) is 5.11 Å². The van der Waals surface area contributed by atoms with Gasteiger partial charge in [-0.1, -0.05) is 6.92 Å². The van der Waals surface area contributed by atoms with Gasteiger partial charge in [0.1, 0.15) is 11.6 Å². The van der Waals surface area contributed by atoms with Gasteiger partial charge in [-0.25, -0.2) is 0 Å². The molecule has 1 aliphatic heterocycles. The molecule has 1 atom stereocenters. The fourth-order valence-electron chi connectivity index (χ4n) is 2.37. The summed E-state index contributed by atoms with van der Waals surface area (Å²) in [6.07, 6.45) is 2.80. The first-order valence-corrected chi connectivity index (χ1v) is 6.86. The fraction of sp³-hybridized carbons (Fsp3) is 0.692. The molecule has 106 valence electrons. The van der Waals surface area contributed by atoms with Gasteiger partial charge in [0.15, 0.2) is 0 Å². The minimum atomic E-state index is -0.658. The van der Waals surface area contributed by atoms with Crippen LogP contribution >= 0.6 is 0 Å². The zero-order chi connectivity index (χ0) is 13.9. The van der Waals surface area contributed by atoms with Gasteiger partial charge in [0.05, 0.1) is 5.60 Å². The van der Waals surface area contributed by atoms with Crippen LogP contribution in [0.4, 0.5) is 17.6 Å². The molecule has 0 spiro atoms. The van der Waals surface area contributed by atoms with Crippen LogP contribution in [-0.2, 0) is 0 Å². The molecule has 6 heteroatoms. The second kappa shape index (κ2) is 5.61. The number of nitrogens with two attached hydrogens (primary N) is 1. The number of nitrogens with zero attached hydrogens (tertiary/aromatic N) is 3. The highest BCUT2D eigenvalue weighted by molar-refractivity contribution is 5.53. The van der Waals surface area contributed by atoms with Crippen LogP contribution in [0.1, 0.15) is 33.1 Å². The van der Waals surface area contributed by atoms with Crippen molar-refractivity contribution in [3.63, 3.8) is 0 Å². The normalized spacial score (nSPS) is 23.4. The van der Waals surface area contributed by atoms with Crippen LogP contribution in [0.15, 0.2) is 6.07 Å². The van der Waals surface area contributed by atoms with Crippen LogP contribution in [0.25, 0.3) is 0 Å². The number of nitrogens with one attached hydrogen (secondary N) is 1. The topological polar surface area (TPSA) is 87.3 Å². The standard InChI is InChI=1S/C13H23N5O/c1-3-6-15-10-8-11(17-12(14)16-10)18-7-4-5-13(2,19)9-18/h8,19H,3-7,9H2,1-2H3,(H3,14,15,16,17). The van der Waals surface area contributed by atoms with Gasteiger partial charge in [-0.05, 0) is 26.2 Å². The monoisotopic (exact) mass is 265 g/mol. The molecule has 1 unspecified atom stereocenters. The second-order valence-electron chi connectivity index (χ2n) is 5.42. The lowest BCUT2D eigenvalue weighted by Gasteiger charge is -2.37. The van der Waals surface area contributed by atoms with Gasteiger partial charge in [-0.3, -0.25) is 0 Å². The molecule has 6 nitrogen and oxygen atoms in total. The summed E-state index contributed by atoms with van der Waals surface area (Å²) in [6, 6.07) is 1.90. The number of nitrogen functional groups attached to an aromatic ring is 1. The van der Waals surface area contributed by atoms with Crippen LogP contribution in [-0.4, -0.2) is 40.3 Å². The van der Waals surface area contributed by atoms with Crippen LogP contribution in [0, 0.1) is 0 Å². The number of aliphatic hydroxyl groups is 1. The van der Waals surface area contributed by atoms with E-state index in [0.29, 0.717) is 6.54 Å². The molecule has 4 N–H and O–H groups in total. The summed E-state index contributed by atoms with van der Waals surface area (Å²) in [6.45, 7) is 6.28. The van der Waals surface area contributed by atoms with Gasteiger partial charge in [0.2, 0.25) is 5.95 Å². The molecule has 2 heterocycles. The molecule has 1 fully saturated rings. The van der Waals surface area contributed by atoms with E-state index in [1.807, 2.05) is 13.0 Å². The fourth-order valence-corrected chi connectivity index (χ4v) is 2.37. The molecule has 0 amide bonds. The smallest absolute Gasteiger partial charge is 0.223 e. The maximum absolute atomic E-state index is 10.2. The van der Waals surface area contributed by atoms with Crippen LogP contribution in [0.5, 0.6) is 0 Å². The number of rotatable bonds is 4. The van der Waals surface area contributed by atoms with Gasteiger partial charge in [-0.2, -0.15) is 9.97 Å². The molecule has 0 radical (unpaired) electrons. The highest BCUT2D eigenvalue weighted by Gasteiger charge is 2.29. The first-order valence-electron chi connectivity index (χ1n) is 6.86. The zero-order valence-electron chi connectivity index (χ0n) is 11.7. The first-order chi connectivity index (χ1) is 9.00. The van der Waals surface area contributed by atoms with Crippen molar-refractivity contribution in [3.8, 4) is 0 Å². The lowest BCUT2D eigenvalue weighted by Crippen LogP contribution is -2.46. The van der Waals surface area contributed by atoms with E-state index in [1.54, 1.807) is 0 Å². The lowest BCUT2D eigenvalue weighted by molar-refractivity contribution is 0.0447. The Hall–Kier alpha value is -1.56. The van der Waals surface area contributed by atoms with Crippen molar-refractivity contribution in [2.24, 2.45) is 0 Å². The average molecular weight is 265 g/mol. The quantitative estimate of drug-likeness (QED) is 0.759. The van der Waals surface area contributed by atoms with E-state index >= 15 is 0 Å². The van der Waals surface area contributed by atoms with E-state index in [1.165, 1.54) is 0 Å². The van der Waals surface area contributed by atoms with Crippen LogP contribution < -0.4 is 16.0 Å². The predicted octanol–water partition coefficient (Wildman–Crippen LogP) is 1.23. The molecule has 1 aromatic heterocycles. The zero-order valence-corrected chi connectivity index (χ0v) is 11.7. The molecule has 0 aliphatic carbocycles. The van der Waals surface area contributed by atoms with Gasteiger partial charge in [0.25, 0.3) is 0 Å². The Balaban J connectivity index is 2.16. The Labute approximate surface area is 114 Å². The Kier molecular flexibility index (Phi) is 4.09. The summed E-state index contributed by atoms with van der Waals surface area (Å²) >= 11 is 0. The number of hydrogen-bond donors (Lipinski definition) is 3. The third-order valence-corrected chi connectivity index (χ3v) is 3.28. The largest absolute Gasteiger partial charge is 0.388 e. The van der Waals surface area contributed by atoms with Crippen molar-refractivity contribution in [1.29, 1.82) is 0 Å².